The van der Waals surface area contributed by atoms with Crippen molar-refractivity contribution in [3.63, 3.8) is 0 Å². The number of rotatable bonds is 10. The fourth-order valence-corrected chi connectivity index (χ4v) is 4.52. The van der Waals surface area contributed by atoms with Crippen molar-refractivity contribution in [3.05, 3.63) is 75.7 Å². The molecule has 0 radical (unpaired) electrons. The number of morpholine rings is 1. The Morgan fingerprint density at radius 2 is 1.95 bits per heavy atom. The van der Waals surface area contributed by atoms with Gasteiger partial charge in [0.05, 0.1) is 53.9 Å². The van der Waals surface area contributed by atoms with Crippen LogP contribution in [0.3, 0.4) is 0 Å². The average molecular weight is 531 g/mol. The number of benzene rings is 2. The zero-order valence-corrected chi connectivity index (χ0v) is 21.1. The molecule has 0 bridgehead atoms. The minimum absolute atomic E-state index is 0.0219. The average Bonchev–Trinajstić information content (AvgIpc) is 3.17. The molecular formula is C26H28ClFN4O5. The number of carbonyl (C=O) groups is 2. The molecule has 0 spiro atoms. The number of hydrogen-bond acceptors (Lipinski definition) is 7. The van der Waals surface area contributed by atoms with E-state index in [4.69, 9.17) is 21.1 Å². The zero-order chi connectivity index (χ0) is 26.4. The second-order valence-electron chi connectivity index (χ2n) is 8.63. The summed E-state index contributed by atoms with van der Waals surface area (Å²) in [5.74, 6) is -2.29. The lowest BCUT2D eigenvalue weighted by molar-refractivity contribution is -0.135. The number of amides is 1. The Hall–Kier alpha value is -3.31. The van der Waals surface area contributed by atoms with E-state index in [1.54, 1.807) is 0 Å². The largest absolute Gasteiger partial charge is 0.481 e. The zero-order valence-electron chi connectivity index (χ0n) is 20.4. The summed E-state index contributed by atoms with van der Waals surface area (Å²) in [5.41, 5.74) is 2.86. The number of anilines is 1. The quantitative estimate of drug-likeness (QED) is 0.455. The van der Waals surface area contributed by atoms with Crippen molar-refractivity contribution in [1.82, 2.24) is 10.2 Å². The van der Waals surface area contributed by atoms with Crippen LogP contribution in [0.15, 0.2) is 58.8 Å². The van der Waals surface area contributed by atoms with Gasteiger partial charge in [0, 0.05) is 33.3 Å². The van der Waals surface area contributed by atoms with Gasteiger partial charge in [-0.15, -0.1) is 0 Å². The second-order valence-corrected chi connectivity index (χ2v) is 9.03. The fourth-order valence-electron chi connectivity index (χ4n) is 4.27. The van der Waals surface area contributed by atoms with Gasteiger partial charge in [-0.2, -0.15) is 10.1 Å². The molecule has 2 N–H and O–H groups in total. The van der Waals surface area contributed by atoms with E-state index in [-0.39, 0.29) is 28.6 Å². The third kappa shape index (κ3) is 6.53. The van der Waals surface area contributed by atoms with Crippen LogP contribution in [0.4, 0.5) is 10.1 Å². The molecule has 2 aromatic carbocycles. The van der Waals surface area contributed by atoms with Crippen LogP contribution in [0.25, 0.3) is 0 Å². The molecule has 1 amide bonds. The molecule has 0 aromatic heterocycles. The molecule has 1 fully saturated rings. The van der Waals surface area contributed by atoms with Crippen LogP contribution in [-0.2, 0) is 32.2 Å². The number of carboxylic acids is 1. The molecule has 4 rings (SSSR count). The topological polar surface area (TPSA) is 104 Å². The first kappa shape index (κ1) is 26.7. The molecule has 0 atom stereocenters. The number of methoxy groups -OCH3 is 1. The smallest absolute Gasteiger partial charge is 0.309 e. The predicted octanol–water partition coefficient (Wildman–Crippen LogP) is 3.18. The van der Waals surface area contributed by atoms with Crippen molar-refractivity contribution in [3.8, 4) is 0 Å². The Bertz CT molecular complexity index is 1230. The van der Waals surface area contributed by atoms with E-state index in [2.05, 4.69) is 21.4 Å². The highest BCUT2D eigenvalue weighted by Crippen LogP contribution is 2.32. The molecule has 0 unspecified atom stereocenters. The van der Waals surface area contributed by atoms with Gasteiger partial charge in [-0.05, 0) is 29.3 Å². The number of carbonyl (C=O) groups excluding carboxylic acids is 1. The third-order valence-electron chi connectivity index (χ3n) is 6.07. The highest BCUT2D eigenvalue weighted by molar-refractivity contribution is 6.37. The van der Waals surface area contributed by atoms with Gasteiger partial charge >= 0.3 is 5.97 Å². The normalized spacial score (nSPS) is 17.6. The highest BCUT2D eigenvalue weighted by Gasteiger charge is 2.36. The van der Waals surface area contributed by atoms with Crippen molar-refractivity contribution in [2.75, 3.05) is 45.0 Å². The van der Waals surface area contributed by atoms with Crippen LogP contribution >= 0.6 is 11.6 Å². The summed E-state index contributed by atoms with van der Waals surface area (Å²) in [6.45, 7) is 4.28. The van der Waals surface area contributed by atoms with Gasteiger partial charge in [0.1, 0.15) is 5.82 Å². The number of aliphatic carboxylic acids is 1. The predicted molar refractivity (Wildman–Crippen MR) is 137 cm³/mol. The molecule has 2 aliphatic rings. The summed E-state index contributed by atoms with van der Waals surface area (Å²) in [6, 6.07) is 11.5. The molecule has 0 aliphatic carbocycles. The summed E-state index contributed by atoms with van der Waals surface area (Å²) < 4.78 is 24.4. The second kappa shape index (κ2) is 12.3. The van der Waals surface area contributed by atoms with E-state index in [1.807, 2.05) is 18.2 Å². The summed E-state index contributed by atoms with van der Waals surface area (Å²) in [7, 11) is 1.48. The van der Waals surface area contributed by atoms with Crippen molar-refractivity contribution in [2.45, 2.75) is 19.5 Å². The number of nitrogens with one attached hydrogen (secondary N) is 1. The monoisotopic (exact) mass is 530 g/mol. The minimum atomic E-state index is -1.15. The summed E-state index contributed by atoms with van der Waals surface area (Å²) in [5, 5.41) is 18.0. The number of hydrazone groups is 1. The maximum absolute atomic E-state index is 13.6. The first-order valence-corrected chi connectivity index (χ1v) is 12.2. The third-order valence-corrected chi connectivity index (χ3v) is 6.37. The van der Waals surface area contributed by atoms with E-state index in [0.29, 0.717) is 25.5 Å². The summed E-state index contributed by atoms with van der Waals surface area (Å²) in [6.07, 6.45) is -0.487. The molecule has 9 nitrogen and oxygen atoms in total. The molecule has 0 saturated carbocycles. The van der Waals surface area contributed by atoms with Gasteiger partial charge in [-0.3, -0.25) is 14.5 Å². The lowest BCUT2D eigenvalue weighted by Gasteiger charge is -2.27. The Morgan fingerprint density at radius 1 is 1.22 bits per heavy atom. The molecule has 2 heterocycles. The number of carboxylic acid groups (broad SMARTS) is 1. The summed E-state index contributed by atoms with van der Waals surface area (Å²) >= 11 is 6.17. The molecule has 37 heavy (non-hydrogen) atoms. The first-order valence-electron chi connectivity index (χ1n) is 11.8. The van der Waals surface area contributed by atoms with Crippen molar-refractivity contribution >= 4 is 34.9 Å². The van der Waals surface area contributed by atoms with E-state index >= 15 is 0 Å². The molecule has 11 heteroatoms. The lowest BCUT2D eigenvalue weighted by atomic mass is 10.0. The van der Waals surface area contributed by atoms with Crippen LogP contribution in [0.2, 0.25) is 5.02 Å². The van der Waals surface area contributed by atoms with Crippen LogP contribution in [0.1, 0.15) is 17.5 Å². The van der Waals surface area contributed by atoms with E-state index in [9.17, 15) is 19.1 Å². The van der Waals surface area contributed by atoms with E-state index in [0.717, 1.165) is 47.9 Å². The fraction of sp³-hybridized carbons (Fsp3) is 0.346. The highest BCUT2D eigenvalue weighted by atomic mass is 35.5. The number of hydrogen-bond donors (Lipinski definition) is 2. The van der Waals surface area contributed by atoms with Gasteiger partial charge in [0.15, 0.2) is 0 Å². The Kier molecular flexibility index (Phi) is 8.88. The number of nitrogens with zero attached hydrogens (tertiary/aromatic N) is 3. The van der Waals surface area contributed by atoms with Crippen molar-refractivity contribution in [2.24, 2.45) is 5.10 Å². The molecule has 1 saturated heterocycles. The van der Waals surface area contributed by atoms with Gasteiger partial charge in [-0.25, -0.2) is 4.39 Å². The minimum Gasteiger partial charge on any atom is -0.481 e. The van der Waals surface area contributed by atoms with E-state index < -0.39 is 24.1 Å². The summed E-state index contributed by atoms with van der Waals surface area (Å²) in [4.78, 5) is 27.4. The molecule has 2 aromatic rings. The Balaban J connectivity index is 1.63. The van der Waals surface area contributed by atoms with Crippen LogP contribution in [0.5, 0.6) is 0 Å². The maximum Gasteiger partial charge on any atom is 0.309 e. The Labute approximate surface area is 219 Å². The van der Waals surface area contributed by atoms with Gasteiger partial charge in [-0.1, -0.05) is 35.9 Å². The maximum atomic E-state index is 13.6. The molecule has 2 aliphatic heterocycles. The number of ether oxygens (including phenoxy) is 2. The Morgan fingerprint density at radius 3 is 2.62 bits per heavy atom. The SMILES string of the molecule is COCC(NCc1ccccc1CN1CCOCC1)=C1C(=O)N(c2ccc(F)cc2Cl)N=C1CC(=O)O. The van der Waals surface area contributed by atoms with Crippen LogP contribution < -0.4 is 10.3 Å². The number of halogens is 2. The van der Waals surface area contributed by atoms with Crippen LogP contribution in [0, 0.1) is 5.82 Å². The first-order chi connectivity index (χ1) is 17.9. The van der Waals surface area contributed by atoms with Crippen LogP contribution in [-0.4, -0.2) is 67.6 Å². The lowest BCUT2D eigenvalue weighted by Crippen LogP contribution is -2.36. The van der Waals surface area contributed by atoms with Gasteiger partial charge < -0.3 is 19.9 Å². The molecule has 196 valence electrons. The van der Waals surface area contributed by atoms with E-state index in [1.165, 1.54) is 13.2 Å². The van der Waals surface area contributed by atoms with Gasteiger partial charge in [0.25, 0.3) is 5.91 Å². The molecular weight excluding hydrogens is 503 g/mol. The standard InChI is InChI=1S/C26H28ClFN4O5/c1-36-16-22(29-14-17-4-2-3-5-18(17)15-31-8-10-37-11-9-31)25-21(13-24(33)34)30-32(26(25)35)23-7-6-19(28)12-20(23)27/h2-7,12,29H,8-11,13-16H2,1H3,(H,33,34). The van der Waals surface area contributed by atoms with Gasteiger partial charge in [0.2, 0.25) is 0 Å². The van der Waals surface area contributed by atoms with Crippen molar-refractivity contribution < 1.29 is 28.6 Å². The van der Waals surface area contributed by atoms with Crippen molar-refractivity contribution in [1.29, 1.82) is 0 Å².